The monoisotopic (exact) mass is 322 g/mol. The number of aliphatic imine (C=N–C) groups is 1. The number of nitrogens with one attached hydrogen (secondary N) is 1. The van der Waals surface area contributed by atoms with Crippen molar-refractivity contribution in [2.75, 3.05) is 47.3 Å². The van der Waals surface area contributed by atoms with Crippen molar-refractivity contribution in [1.82, 2.24) is 15.1 Å². The quantitative estimate of drug-likeness (QED) is 0.422. The molecule has 0 unspecified atom stereocenters. The minimum Gasteiger partial charge on any atom is -0.356 e. The number of hydrogen-bond donors (Lipinski definition) is 1. The molecule has 1 aliphatic heterocycles. The van der Waals surface area contributed by atoms with E-state index < -0.39 is 0 Å². The molecule has 0 aromatic heterocycles. The Kier molecular flexibility index (Phi) is 7.68. The van der Waals surface area contributed by atoms with Crippen LogP contribution in [0, 0.1) is 5.41 Å². The molecule has 1 saturated heterocycles. The molecule has 1 saturated carbocycles. The molecule has 4 nitrogen and oxygen atoms in total. The van der Waals surface area contributed by atoms with Gasteiger partial charge in [-0.05, 0) is 58.2 Å². The van der Waals surface area contributed by atoms with Gasteiger partial charge >= 0.3 is 0 Å². The van der Waals surface area contributed by atoms with Gasteiger partial charge < -0.3 is 15.1 Å². The second-order valence-corrected chi connectivity index (χ2v) is 7.92. The van der Waals surface area contributed by atoms with Crippen molar-refractivity contribution >= 4 is 5.96 Å². The summed E-state index contributed by atoms with van der Waals surface area (Å²) >= 11 is 0. The Labute approximate surface area is 143 Å². The maximum absolute atomic E-state index is 4.52. The summed E-state index contributed by atoms with van der Waals surface area (Å²) < 4.78 is 0. The summed E-state index contributed by atoms with van der Waals surface area (Å²) in [6.07, 6.45) is 13.8. The Bertz CT molecular complexity index is 358. The van der Waals surface area contributed by atoms with E-state index in [-0.39, 0.29) is 0 Å². The lowest BCUT2D eigenvalue weighted by Crippen LogP contribution is -2.41. The van der Waals surface area contributed by atoms with E-state index in [1.165, 1.54) is 83.8 Å². The first-order chi connectivity index (χ1) is 11.2. The maximum Gasteiger partial charge on any atom is 0.193 e. The van der Waals surface area contributed by atoms with Crippen molar-refractivity contribution < 1.29 is 0 Å². The van der Waals surface area contributed by atoms with Gasteiger partial charge in [0.05, 0.1) is 0 Å². The van der Waals surface area contributed by atoms with Crippen LogP contribution in [0.3, 0.4) is 0 Å². The molecule has 0 atom stereocenters. The van der Waals surface area contributed by atoms with Crippen LogP contribution in [-0.4, -0.2) is 63.1 Å². The zero-order valence-corrected chi connectivity index (χ0v) is 15.7. The third-order valence-electron chi connectivity index (χ3n) is 5.68. The molecule has 1 heterocycles. The van der Waals surface area contributed by atoms with Gasteiger partial charge in [-0.3, -0.25) is 4.99 Å². The molecule has 1 N–H and O–H groups in total. The fraction of sp³-hybridized carbons (Fsp3) is 0.947. The number of likely N-dealkylation sites (tertiary alicyclic amines) is 1. The van der Waals surface area contributed by atoms with Crippen molar-refractivity contribution in [3.05, 3.63) is 0 Å². The molecule has 0 radical (unpaired) electrons. The predicted octanol–water partition coefficient (Wildman–Crippen LogP) is 3.34. The van der Waals surface area contributed by atoms with Gasteiger partial charge in [-0.25, -0.2) is 0 Å². The Hall–Kier alpha value is -0.770. The average molecular weight is 323 g/mol. The van der Waals surface area contributed by atoms with Gasteiger partial charge in [0, 0.05) is 26.7 Å². The highest BCUT2D eigenvalue weighted by atomic mass is 15.3. The van der Waals surface area contributed by atoms with Crippen molar-refractivity contribution in [1.29, 1.82) is 0 Å². The van der Waals surface area contributed by atoms with Crippen LogP contribution in [0.1, 0.15) is 64.2 Å². The van der Waals surface area contributed by atoms with Crippen LogP contribution in [-0.2, 0) is 0 Å². The number of nitrogens with zero attached hydrogens (tertiary/aromatic N) is 3. The molecule has 134 valence electrons. The lowest BCUT2D eigenvalue weighted by Gasteiger charge is -2.25. The first-order valence-electron chi connectivity index (χ1n) is 9.76. The second-order valence-electron chi connectivity index (χ2n) is 7.92. The van der Waals surface area contributed by atoms with E-state index in [0.29, 0.717) is 5.41 Å². The van der Waals surface area contributed by atoms with Gasteiger partial charge in [-0.2, -0.15) is 0 Å². The SMILES string of the molecule is CN=C(NCCCCCCCN(C)C)N1CCC2(CCCC2)C1. The molecule has 2 rings (SSSR count). The predicted molar refractivity (Wildman–Crippen MR) is 100 cm³/mol. The van der Waals surface area contributed by atoms with Gasteiger partial charge in [0.2, 0.25) is 0 Å². The normalized spacial score (nSPS) is 20.9. The van der Waals surface area contributed by atoms with Crippen LogP contribution in [0.25, 0.3) is 0 Å². The van der Waals surface area contributed by atoms with Crippen LogP contribution in [0.5, 0.6) is 0 Å². The van der Waals surface area contributed by atoms with Crippen molar-refractivity contribution in [2.24, 2.45) is 10.4 Å². The summed E-state index contributed by atoms with van der Waals surface area (Å²) in [6, 6.07) is 0. The number of rotatable bonds is 8. The van der Waals surface area contributed by atoms with E-state index >= 15 is 0 Å². The van der Waals surface area contributed by atoms with Gasteiger partial charge in [-0.1, -0.05) is 32.1 Å². The van der Waals surface area contributed by atoms with Crippen LogP contribution >= 0.6 is 0 Å². The van der Waals surface area contributed by atoms with E-state index in [4.69, 9.17) is 0 Å². The Balaban J connectivity index is 1.55. The standard InChI is InChI=1S/C19H38N4/c1-20-18(21-14-9-5-4-6-10-15-22(2)3)23-16-13-19(17-23)11-7-8-12-19/h4-17H2,1-3H3,(H,20,21). The van der Waals surface area contributed by atoms with E-state index in [0.717, 1.165) is 12.5 Å². The van der Waals surface area contributed by atoms with Crippen LogP contribution in [0.2, 0.25) is 0 Å². The molecule has 4 heteroatoms. The lowest BCUT2D eigenvalue weighted by molar-refractivity contribution is 0.309. The summed E-state index contributed by atoms with van der Waals surface area (Å²) in [4.78, 5) is 9.30. The van der Waals surface area contributed by atoms with Gasteiger partial charge in [0.25, 0.3) is 0 Å². The lowest BCUT2D eigenvalue weighted by atomic mass is 9.86. The molecule has 0 aromatic carbocycles. The molecular formula is C19H38N4. The zero-order valence-electron chi connectivity index (χ0n) is 15.7. The summed E-state index contributed by atoms with van der Waals surface area (Å²) in [6.45, 7) is 4.73. The van der Waals surface area contributed by atoms with Crippen molar-refractivity contribution in [3.8, 4) is 0 Å². The first kappa shape index (κ1) is 18.6. The summed E-state index contributed by atoms with van der Waals surface area (Å²) in [5, 5.41) is 3.59. The smallest absolute Gasteiger partial charge is 0.193 e. The van der Waals surface area contributed by atoms with Crippen LogP contribution in [0.15, 0.2) is 4.99 Å². The third-order valence-corrected chi connectivity index (χ3v) is 5.68. The van der Waals surface area contributed by atoms with Gasteiger partial charge in [0.1, 0.15) is 0 Å². The number of hydrogen-bond acceptors (Lipinski definition) is 2. The number of unbranched alkanes of at least 4 members (excludes halogenated alkanes) is 4. The van der Waals surface area contributed by atoms with Crippen molar-refractivity contribution in [3.63, 3.8) is 0 Å². The topological polar surface area (TPSA) is 30.9 Å². The fourth-order valence-corrected chi connectivity index (χ4v) is 4.26. The van der Waals surface area contributed by atoms with Gasteiger partial charge in [-0.15, -0.1) is 0 Å². The minimum absolute atomic E-state index is 0.629. The molecular weight excluding hydrogens is 284 g/mol. The second kappa shape index (κ2) is 9.51. The molecule has 0 bridgehead atoms. The third kappa shape index (κ3) is 5.98. The highest BCUT2D eigenvalue weighted by molar-refractivity contribution is 5.80. The fourth-order valence-electron chi connectivity index (χ4n) is 4.26. The van der Waals surface area contributed by atoms with E-state index in [1.807, 2.05) is 7.05 Å². The molecule has 0 amide bonds. The molecule has 0 aromatic rings. The molecule has 2 fully saturated rings. The zero-order chi connectivity index (χ0) is 16.5. The minimum atomic E-state index is 0.629. The summed E-state index contributed by atoms with van der Waals surface area (Å²) in [5.74, 6) is 1.14. The highest BCUT2D eigenvalue weighted by Crippen LogP contribution is 2.45. The Morgan fingerprint density at radius 1 is 1.04 bits per heavy atom. The van der Waals surface area contributed by atoms with E-state index in [9.17, 15) is 0 Å². The first-order valence-corrected chi connectivity index (χ1v) is 9.76. The summed E-state index contributed by atoms with van der Waals surface area (Å²) in [7, 11) is 6.25. The summed E-state index contributed by atoms with van der Waals surface area (Å²) in [5.41, 5.74) is 0.629. The maximum atomic E-state index is 4.52. The average Bonchev–Trinajstić information content (AvgIpc) is 3.16. The Morgan fingerprint density at radius 3 is 2.43 bits per heavy atom. The van der Waals surface area contributed by atoms with Gasteiger partial charge in [0.15, 0.2) is 5.96 Å². The van der Waals surface area contributed by atoms with Crippen LogP contribution < -0.4 is 5.32 Å². The molecule has 1 aliphatic carbocycles. The van der Waals surface area contributed by atoms with E-state index in [1.54, 1.807) is 0 Å². The van der Waals surface area contributed by atoms with E-state index in [2.05, 4.69) is 34.2 Å². The molecule has 2 aliphatic rings. The number of guanidine groups is 1. The van der Waals surface area contributed by atoms with Crippen molar-refractivity contribution in [2.45, 2.75) is 64.2 Å². The molecule has 23 heavy (non-hydrogen) atoms. The highest BCUT2D eigenvalue weighted by Gasteiger charge is 2.40. The Morgan fingerprint density at radius 2 is 1.74 bits per heavy atom. The van der Waals surface area contributed by atoms with Crippen LogP contribution in [0.4, 0.5) is 0 Å². The molecule has 1 spiro atoms. The largest absolute Gasteiger partial charge is 0.356 e.